The van der Waals surface area contributed by atoms with Crippen molar-refractivity contribution in [2.45, 2.75) is 26.2 Å². The first kappa shape index (κ1) is 15.7. The summed E-state index contributed by atoms with van der Waals surface area (Å²) in [4.78, 5) is 12.0. The van der Waals surface area contributed by atoms with Gasteiger partial charge in [-0.05, 0) is 36.0 Å². The topological polar surface area (TPSA) is 61.9 Å². The van der Waals surface area contributed by atoms with Gasteiger partial charge in [0, 0.05) is 42.0 Å². The van der Waals surface area contributed by atoms with Crippen molar-refractivity contribution in [3.8, 4) is 0 Å². The fraction of sp³-hybridized carbons (Fsp3) is 0.444. The number of aromatic amines is 1. The van der Waals surface area contributed by atoms with E-state index in [9.17, 15) is 4.21 Å². The monoisotopic (exact) mass is 342 g/mol. The van der Waals surface area contributed by atoms with Crippen molar-refractivity contribution in [2.24, 2.45) is 5.92 Å². The van der Waals surface area contributed by atoms with Crippen LogP contribution in [0.25, 0.3) is 21.9 Å². The largest absolute Gasteiger partial charge is 0.360 e. The summed E-state index contributed by atoms with van der Waals surface area (Å²) in [6.45, 7) is 6.00. The molecule has 0 aromatic carbocycles. The zero-order chi connectivity index (χ0) is 16.7. The first-order valence-electron chi connectivity index (χ1n) is 8.47. The van der Waals surface area contributed by atoms with Crippen molar-refractivity contribution in [1.82, 2.24) is 19.3 Å². The highest BCUT2D eigenvalue weighted by Gasteiger charge is 2.29. The SMILES string of the molecule is CC(C)CS(=O)N1CCC(c2cc[nH]c3cnc4nccc4c23)C1. The van der Waals surface area contributed by atoms with Crippen molar-refractivity contribution >= 4 is 32.9 Å². The van der Waals surface area contributed by atoms with Gasteiger partial charge in [0.1, 0.15) is 0 Å². The van der Waals surface area contributed by atoms with Gasteiger partial charge in [0.2, 0.25) is 0 Å². The minimum absolute atomic E-state index is 0.402. The van der Waals surface area contributed by atoms with Crippen LogP contribution in [-0.2, 0) is 11.0 Å². The smallest absolute Gasteiger partial charge is 0.159 e. The van der Waals surface area contributed by atoms with Crippen LogP contribution in [0.5, 0.6) is 0 Å². The normalized spacial score (nSPS) is 20.4. The Morgan fingerprint density at radius 2 is 2.25 bits per heavy atom. The van der Waals surface area contributed by atoms with Gasteiger partial charge in [0.05, 0.1) is 22.7 Å². The molecule has 1 saturated heterocycles. The molecule has 3 aromatic rings. The Morgan fingerprint density at radius 1 is 1.38 bits per heavy atom. The Kier molecular flexibility index (Phi) is 4.10. The lowest BCUT2D eigenvalue weighted by Gasteiger charge is -2.17. The van der Waals surface area contributed by atoms with Crippen molar-refractivity contribution in [3.63, 3.8) is 0 Å². The summed E-state index contributed by atoms with van der Waals surface area (Å²) < 4.78 is 14.6. The van der Waals surface area contributed by atoms with Gasteiger partial charge in [-0.1, -0.05) is 13.8 Å². The van der Waals surface area contributed by atoms with Gasteiger partial charge in [-0.15, -0.1) is 0 Å². The fourth-order valence-electron chi connectivity index (χ4n) is 3.58. The second kappa shape index (κ2) is 6.26. The molecule has 0 saturated carbocycles. The first-order chi connectivity index (χ1) is 11.6. The molecule has 1 fully saturated rings. The molecule has 2 unspecified atom stereocenters. The number of pyridine rings is 2. The third-order valence-corrected chi connectivity index (χ3v) is 6.54. The van der Waals surface area contributed by atoms with E-state index < -0.39 is 11.0 Å². The van der Waals surface area contributed by atoms with Gasteiger partial charge < -0.3 is 4.98 Å². The Balaban J connectivity index is 1.70. The number of nitrogens with zero attached hydrogens (tertiary/aromatic N) is 3. The summed E-state index contributed by atoms with van der Waals surface area (Å²) >= 11 is 0. The molecule has 24 heavy (non-hydrogen) atoms. The maximum Gasteiger partial charge on any atom is 0.159 e. The third-order valence-electron chi connectivity index (χ3n) is 4.68. The third kappa shape index (κ3) is 2.74. The number of fused-ring (bicyclic) bond motifs is 3. The molecule has 1 aliphatic rings. The highest BCUT2D eigenvalue weighted by Crippen LogP contribution is 2.35. The summed E-state index contributed by atoms with van der Waals surface area (Å²) in [7, 11) is -0.872. The second-order valence-electron chi connectivity index (χ2n) is 6.92. The molecule has 0 bridgehead atoms. The predicted molar refractivity (Wildman–Crippen MR) is 98.2 cm³/mol. The Bertz CT molecular complexity index is 904. The van der Waals surface area contributed by atoms with Gasteiger partial charge in [0.15, 0.2) is 5.65 Å². The van der Waals surface area contributed by atoms with Crippen molar-refractivity contribution in [2.75, 3.05) is 18.8 Å². The second-order valence-corrected chi connectivity index (χ2v) is 8.41. The summed E-state index contributed by atoms with van der Waals surface area (Å²) in [6, 6.07) is 4.19. The summed E-state index contributed by atoms with van der Waals surface area (Å²) in [5.74, 6) is 1.61. The standard InChI is InChI=1S/C18H22N4OS/c1-12(2)11-24(23)22-8-5-13(10-22)14-3-6-19-16-9-21-18-15(17(14)16)4-7-20-18/h3-4,6-7,9,12-13,19H,5,8,10-11H2,1-2H3. The van der Waals surface area contributed by atoms with Crippen molar-refractivity contribution < 1.29 is 4.21 Å². The maximum atomic E-state index is 12.5. The van der Waals surface area contributed by atoms with Crippen LogP contribution in [0.1, 0.15) is 31.7 Å². The molecule has 5 nitrogen and oxygen atoms in total. The highest BCUT2D eigenvalue weighted by molar-refractivity contribution is 7.82. The number of aromatic nitrogens is 3. The lowest BCUT2D eigenvalue weighted by atomic mass is 9.94. The molecule has 0 aliphatic carbocycles. The molecule has 126 valence electrons. The van der Waals surface area contributed by atoms with E-state index in [1.165, 1.54) is 10.9 Å². The van der Waals surface area contributed by atoms with Crippen molar-refractivity contribution in [1.29, 1.82) is 0 Å². The zero-order valence-electron chi connectivity index (χ0n) is 14.0. The average Bonchev–Trinajstić information content (AvgIpc) is 3.22. The molecule has 1 aliphatic heterocycles. The van der Waals surface area contributed by atoms with Gasteiger partial charge in [-0.2, -0.15) is 0 Å². The van der Waals surface area contributed by atoms with Gasteiger partial charge in [-0.3, -0.25) is 0 Å². The van der Waals surface area contributed by atoms with Crippen LogP contribution in [0.4, 0.5) is 0 Å². The molecular formula is C18H22N4OS. The van der Waals surface area contributed by atoms with Crippen LogP contribution >= 0.6 is 0 Å². The van der Waals surface area contributed by atoms with E-state index in [1.54, 1.807) is 0 Å². The molecule has 0 radical (unpaired) electrons. The molecule has 4 heterocycles. The van der Waals surface area contributed by atoms with E-state index in [2.05, 4.69) is 39.2 Å². The quantitative estimate of drug-likeness (QED) is 0.792. The molecule has 1 N–H and O–H groups in total. The lowest BCUT2D eigenvalue weighted by molar-refractivity contribution is 0.521. The van der Waals surface area contributed by atoms with Crippen LogP contribution in [0.15, 0.2) is 30.7 Å². The van der Waals surface area contributed by atoms with Gasteiger partial charge in [-0.25, -0.2) is 18.5 Å². The van der Waals surface area contributed by atoms with Crippen LogP contribution in [0.3, 0.4) is 0 Å². The van der Waals surface area contributed by atoms with Crippen molar-refractivity contribution in [3.05, 3.63) is 36.3 Å². The summed E-state index contributed by atoms with van der Waals surface area (Å²) in [5.41, 5.74) is 3.14. The van der Waals surface area contributed by atoms with E-state index in [4.69, 9.17) is 0 Å². The Morgan fingerprint density at radius 3 is 3.08 bits per heavy atom. The average molecular weight is 342 g/mol. The minimum atomic E-state index is -0.872. The van der Waals surface area contributed by atoms with E-state index >= 15 is 0 Å². The van der Waals surface area contributed by atoms with E-state index in [0.717, 1.165) is 41.8 Å². The number of H-pyrrole nitrogens is 1. The number of nitrogens with one attached hydrogen (secondary N) is 1. The fourth-order valence-corrected chi connectivity index (χ4v) is 5.02. The lowest BCUT2D eigenvalue weighted by Crippen LogP contribution is -2.26. The van der Waals surface area contributed by atoms with E-state index in [1.807, 2.05) is 24.7 Å². The molecule has 6 heteroatoms. The van der Waals surface area contributed by atoms with Crippen LogP contribution in [0.2, 0.25) is 0 Å². The first-order valence-corrected chi connectivity index (χ1v) is 9.75. The highest BCUT2D eigenvalue weighted by atomic mass is 32.2. The Hall–Kier alpha value is -1.79. The molecule has 4 rings (SSSR count). The van der Waals surface area contributed by atoms with Gasteiger partial charge in [0.25, 0.3) is 0 Å². The molecular weight excluding hydrogens is 320 g/mol. The number of hydrogen-bond acceptors (Lipinski definition) is 3. The van der Waals surface area contributed by atoms with E-state index in [-0.39, 0.29) is 0 Å². The molecule has 0 amide bonds. The van der Waals surface area contributed by atoms with E-state index in [0.29, 0.717) is 11.8 Å². The summed E-state index contributed by atoms with van der Waals surface area (Å²) in [5, 5.41) is 2.31. The maximum absolute atomic E-state index is 12.5. The molecule has 0 spiro atoms. The molecule has 3 aromatic heterocycles. The number of hydrogen-bond donors (Lipinski definition) is 1. The zero-order valence-corrected chi connectivity index (χ0v) is 14.8. The van der Waals surface area contributed by atoms with Gasteiger partial charge >= 0.3 is 0 Å². The van der Waals surface area contributed by atoms with Crippen LogP contribution < -0.4 is 0 Å². The van der Waals surface area contributed by atoms with Crippen LogP contribution in [0, 0.1) is 5.92 Å². The van der Waals surface area contributed by atoms with Crippen LogP contribution in [-0.4, -0.2) is 42.3 Å². The number of rotatable bonds is 4. The molecule has 2 atom stereocenters. The Labute approximate surface area is 144 Å². The minimum Gasteiger partial charge on any atom is -0.360 e. The summed E-state index contributed by atoms with van der Waals surface area (Å²) in [6.07, 6.45) is 6.69. The predicted octanol–water partition coefficient (Wildman–Crippen LogP) is 3.22.